The second-order valence-electron chi connectivity index (χ2n) is 4.31. The predicted octanol–water partition coefficient (Wildman–Crippen LogP) is 3.76. The maximum atomic E-state index is 4.53. The first kappa shape index (κ1) is 10.5. The Bertz CT molecular complexity index is 664. The summed E-state index contributed by atoms with van der Waals surface area (Å²) in [5, 5.41) is 4.58. The molecule has 0 amide bonds. The molecule has 0 spiro atoms. The monoisotopic (exact) mass is 242 g/mol. The van der Waals surface area contributed by atoms with Gasteiger partial charge in [-0.2, -0.15) is 0 Å². The largest absolute Gasteiger partial charge is 0.338 e. The van der Waals surface area contributed by atoms with Crippen molar-refractivity contribution in [3.63, 3.8) is 0 Å². The van der Waals surface area contributed by atoms with Crippen LogP contribution in [0.3, 0.4) is 0 Å². The first-order valence-electron chi connectivity index (χ1n) is 5.70. The van der Waals surface area contributed by atoms with Crippen LogP contribution in [-0.4, -0.2) is 9.55 Å². The van der Waals surface area contributed by atoms with Crippen molar-refractivity contribution in [3.05, 3.63) is 52.1 Å². The van der Waals surface area contributed by atoms with Gasteiger partial charge in [0.2, 0.25) is 0 Å². The van der Waals surface area contributed by atoms with Gasteiger partial charge in [0, 0.05) is 22.3 Å². The molecule has 86 valence electrons. The molecule has 3 aromatic rings. The Hall–Kier alpha value is -1.61. The molecule has 0 aliphatic rings. The number of aryl methyl sites for hydroxylation is 2. The van der Waals surface area contributed by atoms with Gasteiger partial charge >= 0.3 is 0 Å². The lowest BCUT2D eigenvalue weighted by atomic mass is 10.2. The molecule has 0 atom stereocenters. The van der Waals surface area contributed by atoms with Crippen LogP contribution in [-0.2, 0) is 6.54 Å². The van der Waals surface area contributed by atoms with Crippen LogP contribution in [0, 0.1) is 13.8 Å². The summed E-state index contributed by atoms with van der Waals surface area (Å²) in [5.41, 5.74) is 3.69. The van der Waals surface area contributed by atoms with Gasteiger partial charge in [-0.15, -0.1) is 11.3 Å². The highest BCUT2D eigenvalue weighted by Gasteiger charge is 2.07. The molecule has 2 heterocycles. The first-order chi connectivity index (χ1) is 8.24. The van der Waals surface area contributed by atoms with E-state index in [1.54, 1.807) is 11.3 Å². The lowest BCUT2D eigenvalue weighted by molar-refractivity contribution is 0.795. The van der Waals surface area contributed by atoms with Crippen molar-refractivity contribution in [2.75, 3.05) is 0 Å². The number of para-hydroxylation sites is 1. The van der Waals surface area contributed by atoms with Crippen molar-refractivity contribution in [1.29, 1.82) is 0 Å². The molecule has 0 saturated heterocycles. The van der Waals surface area contributed by atoms with Crippen molar-refractivity contribution >= 4 is 22.2 Å². The number of nitrogens with zero attached hydrogens (tertiary/aromatic N) is 2. The molecule has 0 aliphatic carbocycles. The summed E-state index contributed by atoms with van der Waals surface area (Å²) in [6.07, 6.45) is 0. The minimum Gasteiger partial charge on any atom is -0.338 e. The van der Waals surface area contributed by atoms with Gasteiger partial charge in [0.25, 0.3) is 0 Å². The van der Waals surface area contributed by atoms with Crippen molar-refractivity contribution < 1.29 is 0 Å². The van der Waals surface area contributed by atoms with E-state index in [0.29, 0.717) is 0 Å². The Morgan fingerprint density at radius 2 is 2.06 bits per heavy atom. The fourth-order valence-corrected chi connectivity index (χ4v) is 2.93. The third-order valence-corrected chi connectivity index (χ3v) is 3.93. The lowest BCUT2D eigenvalue weighted by Gasteiger charge is -2.05. The molecule has 0 bridgehead atoms. The second kappa shape index (κ2) is 4.00. The average molecular weight is 242 g/mol. The Morgan fingerprint density at radius 1 is 1.24 bits per heavy atom. The van der Waals surface area contributed by atoms with Crippen LogP contribution in [0.25, 0.3) is 10.9 Å². The minimum absolute atomic E-state index is 0.873. The summed E-state index contributed by atoms with van der Waals surface area (Å²) in [7, 11) is 0. The number of hydrogen-bond donors (Lipinski definition) is 0. The number of rotatable bonds is 2. The predicted molar refractivity (Wildman–Crippen MR) is 72.6 cm³/mol. The van der Waals surface area contributed by atoms with Crippen molar-refractivity contribution in [1.82, 2.24) is 9.55 Å². The van der Waals surface area contributed by atoms with Crippen LogP contribution in [0.15, 0.2) is 35.7 Å². The van der Waals surface area contributed by atoms with E-state index in [4.69, 9.17) is 0 Å². The lowest BCUT2D eigenvalue weighted by Crippen LogP contribution is -2.00. The number of hydrogen-bond acceptors (Lipinski definition) is 2. The highest BCUT2D eigenvalue weighted by Crippen LogP contribution is 2.21. The van der Waals surface area contributed by atoms with Crippen LogP contribution in [0.4, 0.5) is 0 Å². The van der Waals surface area contributed by atoms with Crippen LogP contribution in [0.2, 0.25) is 0 Å². The molecule has 0 fully saturated rings. The standard InChI is InChI=1S/C14H14N2S/c1-10-9-17-14(15-10)8-16-11(2)7-12-5-3-4-6-13(12)16/h3-7,9H,8H2,1-2H3. The van der Waals surface area contributed by atoms with Gasteiger partial charge in [0.15, 0.2) is 0 Å². The second-order valence-corrected chi connectivity index (χ2v) is 5.26. The van der Waals surface area contributed by atoms with Crippen LogP contribution in [0.5, 0.6) is 0 Å². The summed E-state index contributed by atoms with van der Waals surface area (Å²) < 4.78 is 2.33. The number of benzene rings is 1. The van der Waals surface area contributed by atoms with Gasteiger partial charge < -0.3 is 4.57 Å². The van der Waals surface area contributed by atoms with Gasteiger partial charge in [-0.1, -0.05) is 18.2 Å². The Morgan fingerprint density at radius 3 is 2.82 bits per heavy atom. The Kier molecular flexibility index (Phi) is 2.48. The molecule has 3 heteroatoms. The molecule has 0 saturated carbocycles. The molecule has 2 nitrogen and oxygen atoms in total. The molecule has 17 heavy (non-hydrogen) atoms. The zero-order valence-electron chi connectivity index (χ0n) is 9.97. The van der Waals surface area contributed by atoms with Gasteiger partial charge in [0.05, 0.1) is 6.54 Å². The molecule has 1 aromatic carbocycles. The van der Waals surface area contributed by atoms with Crippen molar-refractivity contribution in [2.45, 2.75) is 20.4 Å². The van der Waals surface area contributed by atoms with E-state index in [0.717, 1.165) is 12.2 Å². The molecular weight excluding hydrogens is 228 g/mol. The highest BCUT2D eigenvalue weighted by molar-refractivity contribution is 7.09. The van der Waals surface area contributed by atoms with Crippen LogP contribution in [0.1, 0.15) is 16.4 Å². The normalized spacial score (nSPS) is 11.2. The maximum absolute atomic E-state index is 4.53. The molecule has 0 radical (unpaired) electrons. The SMILES string of the molecule is Cc1csc(Cn2c(C)cc3ccccc32)n1. The minimum atomic E-state index is 0.873. The molecule has 0 aliphatic heterocycles. The molecule has 2 aromatic heterocycles. The quantitative estimate of drug-likeness (QED) is 0.669. The smallest absolute Gasteiger partial charge is 0.113 e. The molecular formula is C14H14N2S. The van der Waals surface area contributed by atoms with Crippen molar-refractivity contribution in [3.8, 4) is 0 Å². The summed E-state index contributed by atoms with van der Waals surface area (Å²) in [6, 6.07) is 10.7. The van der Waals surface area contributed by atoms with Gasteiger partial charge in [-0.3, -0.25) is 0 Å². The number of aromatic nitrogens is 2. The van der Waals surface area contributed by atoms with Gasteiger partial charge in [0.1, 0.15) is 5.01 Å². The molecule has 3 rings (SSSR count). The first-order valence-corrected chi connectivity index (χ1v) is 6.58. The van der Waals surface area contributed by atoms with E-state index in [9.17, 15) is 0 Å². The maximum Gasteiger partial charge on any atom is 0.113 e. The summed E-state index contributed by atoms with van der Waals surface area (Å²) in [5.74, 6) is 0. The van der Waals surface area contributed by atoms with E-state index in [1.807, 2.05) is 6.92 Å². The fraction of sp³-hybridized carbons (Fsp3) is 0.214. The zero-order valence-corrected chi connectivity index (χ0v) is 10.8. The summed E-state index contributed by atoms with van der Waals surface area (Å²) >= 11 is 1.73. The topological polar surface area (TPSA) is 17.8 Å². The molecule has 0 unspecified atom stereocenters. The third kappa shape index (κ3) is 1.87. The van der Waals surface area contributed by atoms with Gasteiger partial charge in [-0.25, -0.2) is 4.98 Å². The van der Waals surface area contributed by atoms with Gasteiger partial charge in [-0.05, 0) is 31.4 Å². The van der Waals surface area contributed by atoms with Crippen LogP contribution >= 0.6 is 11.3 Å². The number of fused-ring (bicyclic) bond motifs is 1. The summed E-state index contributed by atoms with van der Waals surface area (Å²) in [4.78, 5) is 4.53. The van der Waals surface area contributed by atoms with Crippen LogP contribution < -0.4 is 0 Å². The van der Waals surface area contributed by atoms with E-state index >= 15 is 0 Å². The average Bonchev–Trinajstić information content (AvgIpc) is 2.85. The Balaban J connectivity index is 2.08. The third-order valence-electron chi connectivity index (χ3n) is 2.98. The summed E-state index contributed by atoms with van der Waals surface area (Å²) in [6.45, 7) is 5.07. The number of thiazole rings is 1. The Labute approximate surface area is 105 Å². The zero-order chi connectivity index (χ0) is 11.8. The van der Waals surface area contributed by atoms with E-state index in [1.165, 1.54) is 21.6 Å². The van der Waals surface area contributed by atoms with E-state index < -0.39 is 0 Å². The van der Waals surface area contributed by atoms with Crippen molar-refractivity contribution in [2.24, 2.45) is 0 Å². The van der Waals surface area contributed by atoms with E-state index in [2.05, 4.69) is 52.2 Å². The highest BCUT2D eigenvalue weighted by atomic mass is 32.1. The van der Waals surface area contributed by atoms with E-state index in [-0.39, 0.29) is 0 Å². The fourth-order valence-electron chi connectivity index (χ4n) is 2.17. The molecule has 0 N–H and O–H groups in total.